The van der Waals surface area contributed by atoms with Gasteiger partial charge in [-0.3, -0.25) is 0 Å². The van der Waals surface area contributed by atoms with Gasteiger partial charge in [0.1, 0.15) is 11.5 Å². The van der Waals surface area contributed by atoms with Crippen LogP contribution in [0, 0.1) is 0 Å². The Hall–Kier alpha value is -2.82. The molecule has 0 atom stereocenters. The van der Waals surface area contributed by atoms with Crippen molar-refractivity contribution in [2.45, 2.75) is 63.9 Å². The van der Waals surface area contributed by atoms with Crippen molar-refractivity contribution in [2.75, 3.05) is 11.5 Å². The van der Waals surface area contributed by atoms with Gasteiger partial charge in [-0.15, -0.1) is 0 Å². The quantitative estimate of drug-likeness (QED) is 0.196. The number of phenolic OH excluding ortho intramolecular Hbond substituents is 2. The van der Waals surface area contributed by atoms with Crippen LogP contribution in [0.3, 0.4) is 0 Å². The molecule has 0 amide bonds. The Kier molecular flexibility index (Phi) is 9.64. The minimum atomic E-state index is -0.00526. The summed E-state index contributed by atoms with van der Waals surface area (Å²) >= 11 is 3.69. The molecule has 0 bridgehead atoms. The van der Waals surface area contributed by atoms with Crippen LogP contribution in [0.15, 0.2) is 84.9 Å². The molecule has 4 aromatic carbocycles. The third-order valence-corrected chi connectivity index (χ3v) is 9.44. The Labute approximate surface area is 249 Å². The highest BCUT2D eigenvalue weighted by Gasteiger charge is 2.21. The second-order valence-electron chi connectivity index (χ2n) is 12.4. The van der Waals surface area contributed by atoms with Gasteiger partial charge in [-0.25, -0.2) is 0 Å². The van der Waals surface area contributed by atoms with Crippen LogP contribution in [0.5, 0.6) is 11.5 Å². The Morgan fingerprint density at radius 3 is 1.20 bits per heavy atom. The minimum Gasteiger partial charge on any atom is -0.507 e. The number of hydrogen-bond acceptors (Lipinski definition) is 4. The number of thioether (sulfide) groups is 2. The molecule has 0 fully saturated rings. The topological polar surface area (TPSA) is 40.5 Å². The van der Waals surface area contributed by atoms with E-state index in [1.807, 2.05) is 59.9 Å². The first-order valence-electron chi connectivity index (χ1n) is 13.9. The predicted octanol–water partition coefficient (Wildman–Crippen LogP) is 10.2. The Morgan fingerprint density at radius 1 is 0.525 bits per heavy atom. The maximum absolute atomic E-state index is 11.2. The predicted molar refractivity (Wildman–Crippen MR) is 177 cm³/mol. The molecule has 0 heterocycles. The van der Waals surface area contributed by atoms with Gasteiger partial charge in [0, 0.05) is 45.3 Å². The van der Waals surface area contributed by atoms with Crippen molar-refractivity contribution in [1.29, 1.82) is 0 Å². The molecule has 0 aliphatic carbocycles. The highest BCUT2D eigenvalue weighted by Crippen LogP contribution is 2.40. The second kappa shape index (κ2) is 12.8. The Balaban J connectivity index is 1.43. The average molecular weight is 571 g/mol. The fraction of sp³-hybridized carbons (Fsp3) is 0.333. The lowest BCUT2D eigenvalue weighted by molar-refractivity contribution is 0.470. The maximum Gasteiger partial charge on any atom is 0.127 e. The van der Waals surface area contributed by atoms with Crippen LogP contribution in [0.25, 0.3) is 22.3 Å². The van der Waals surface area contributed by atoms with Gasteiger partial charge in [-0.1, -0.05) is 114 Å². The molecule has 0 spiro atoms. The molecule has 0 unspecified atom stereocenters. The van der Waals surface area contributed by atoms with Gasteiger partial charge in [0.2, 0.25) is 0 Å². The van der Waals surface area contributed by atoms with Gasteiger partial charge in [0.15, 0.2) is 0 Å². The summed E-state index contributed by atoms with van der Waals surface area (Å²) in [5, 5.41) is 22.4. The lowest BCUT2D eigenvalue weighted by Gasteiger charge is -2.23. The zero-order valence-electron chi connectivity index (χ0n) is 24.6. The highest BCUT2D eigenvalue weighted by molar-refractivity contribution is 8.02. The lowest BCUT2D eigenvalue weighted by Crippen LogP contribution is -2.12. The second-order valence-corrected chi connectivity index (χ2v) is 14.6. The fourth-order valence-electron chi connectivity index (χ4n) is 4.63. The number of phenols is 2. The Bertz CT molecular complexity index is 1300. The van der Waals surface area contributed by atoms with Gasteiger partial charge in [0.25, 0.3) is 0 Å². The van der Waals surface area contributed by atoms with Crippen LogP contribution < -0.4 is 0 Å². The molecule has 2 nitrogen and oxygen atoms in total. The monoisotopic (exact) mass is 570 g/mol. The van der Waals surface area contributed by atoms with Crippen LogP contribution >= 0.6 is 23.5 Å². The molecular weight excluding hydrogens is 529 g/mol. The number of hydrogen-bond donors (Lipinski definition) is 2. The lowest BCUT2D eigenvalue weighted by atomic mass is 9.84. The summed E-state index contributed by atoms with van der Waals surface area (Å²) < 4.78 is 0. The first-order chi connectivity index (χ1) is 18.9. The van der Waals surface area contributed by atoms with E-state index in [0.717, 1.165) is 56.4 Å². The molecule has 0 aromatic heterocycles. The molecule has 2 N–H and O–H groups in total. The molecule has 4 rings (SSSR count). The van der Waals surface area contributed by atoms with E-state index in [1.165, 1.54) is 11.1 Å². The van der Waals surface area contributed by atoms with Gasteiger partial charge < -0.3 is 10.2 Å². The summed E-state index contributed by atoms with van der Waals surface area (Å²) in [7, 11) is 0. The highest BCUT2D eigenvalue weighted by atomic mass is 32.2. The smallest absolute Gasteiger partial charge is 0.127 e. The van der Waals surface area contributed by atoms with Crippen molar-refractivity contribution in [1.82, 2.24) is 0 Å². The van der Waals surface area contributed by atoms with E-state index in [0.29, 0.717) is 11.5 Å². The third kappa shape index (κ3) is 7.47. The SMILES string of the molecule is CC(C)(C)c1cc(CSCCSCc2cc(C(C)(C)C)cc(-c3ccccc3)c2O)c(O)c(-c2ccccc2)c1. The summed E-state index contributed by atoms with van der Waals surface area (Å²) in [5.41, 5.74) is 8.33. The van der Waals surface area contributed by atoms with E-state index < -0.39 is 0 Å². The summed E-state index contributed by atoms with van der Waals surface area (Å²) in [4.78, 5) is 0. The van der Waals surface area contributed by atoms with Crippen molar-refractivity contribution in [2.24, 2.45) is 0 Å². The van der Waals surface area contributed by atoms with E-state index in [-0.39, 0.29) is 10.8 Å². The van der Waals surface area contributed by atoms with E-state index in [2.05, 4.69) is 90.1 Å². The van der Waals surface area contributed by atoms with Crippen molar-refractivity contribution in [3.8, 4) is 33.8 Å². The van der Waals surface area contributed by atoms with Crippen LogP contribution in [-0.2, 0) is 22.3 Å². The van der Waals surface area contributed by atoms with Gasteiger partial charge in [-0.05, 0) is 45.2 Å². The molecule has 0 aliphatic heterocycles. The Morgan fingerprint density at radius 2 is 0.875 bits per heavy atom. The first-order valence-corrected chi connectivity index (χ1v) is 16.2. The van der Waals surface area contributed by atoms with E-state index in [9.17, 15) is 10.2 Å². The molecule has 40 heavy (non-hydrogen) atoms. The third-order valence-electron chi connectivity index (χ3n) is 7.17. The van der Waals surface area contributed by atoms with Crippen LogP contribution in [0.4, 0.5) is 0 Å². The minimum absolute atomic E-state index is 0.00526. The van der Waals surface area contributed by atoms with Gasteiger partial charge in [-0.2, -0.15) is 23.5 Å². The summed E-state index contributed by atoms with van der Waals surface area (Å²) in [5.74, 6) is 4.23. The van der Waals surface area contributed by atoms with Crippen molar-refractivity contribution >= 4 is 23.5 Å². The number of rotatable bonds is 9. The van der Waals surface area contributed by atoms with Crippen LogP contribution in [0.2, 0.25) is 0 Å². The van der Waals surface area contributed by atoms with Crippen molar-refractivity contribution in [3.05, 3.63) is 107 Å². The van der Waals surface area contributed by atoms with E-state index in [1.54, 1.807) is 0 Å². The zero-order chi connectivity index (χ0) is 28.9. The molecule has 0 radical (unpaired) electrons. The van der Waals surface area contributed by atoms with Crippen molar-refractivity contribution < 1.29 is 10.2 Å². The maximum atomic E-state index is 11.2. The molecule has 0 aliphatic rings. The summed E-state index contributed by atoms with van der Waals surface area (Å²) in [6.07, 6.45) is 0. The summed E-state index contributed by atoms with van der Waals surface area (Å²) in [6, 6.07) is 28.9. The van der Waals surface area contributed by atoms with Gasteiger partial charge in [0.05, 0.1) is 0 Å². The van der Waals surface area contributed by atoms with Crippen LogP contribution in [-0.4, -0.2) is 21.7 Å². The molecule has 0 saturated heterocycles. The van der Waals surface area contributed by atoms with Crippen molar-refractivity contribution in [3.63, 3.8) is 0 Å². The first kappa shape index (κ1) is 30.1. The standard InChI is InChI=1S/C36H42O2S2/c1-35(2,3)29-19-27(33(37)31(21-29)25-13-9-7-10-14-25)23-39-17-18-40-24-28-20-30(36(4,5)6)22-32(34(28)38)26-15-11-8-12-16-26/h7-16,19-22,37-38H,17-18,23-24H2,1-6H3. The largest absolute Gasteiger partial charge is 0.507 e. The molecule has 210 valence electrons. The number of benzene rings is 4. The van der Waals surface area contributed by atoms with Gasteiger partial charge >= 0.3 is 0 Å². The van der Waals surface area contributed by atoms with Crippen LogP contribution in [0.1, 0.15) is 63.8 Å². The summed E-state index contributed by atoms with van der Waals surface area (Å²) in [6.45, 7) is 13.3. The number of aromatic hydroxyl groups is 2. The normalized spacial score (nSPS) is 12.1. The molecule has 4 heteroatoms. The average Bonchev–Trinajstić information content (AvgIpc) is 2.92. The molecule has 4 aromatic rings. The van der Waals surface area contributed by atoms with E-state index >= 15 is 0 Å². The fourth-order valence-corrected chi connectivity index (χ4v) is 6.74. The zero-order valence-corrected chi connectivity index (χ0v) is 26.3. The molecular formula is C36H42O2S2. The van der Waals surface area contributed by atoms with E-state index in [4.69, 9.17) is 0 Å². The molecule has 0 saturated carbocycles.